The van der Waals surface area contributed by atoms with Gasteiger partial charge >= 0.3 is 0 Å². The summed E-state index contributed by atoms with van der Waals surface area (Å²) < 4.78 is 26.8. The number of aryl methyl sites for hydroxylation is 1. The Balaban J connectivity index is 2.06. The van der Waals surface area contributed by atoms with Crippen molar-refractivity contribution in [2.45, 2.75) is 31.2 Å². The fourth-order valence-electron chi connectivity index (χ4n) is 1.71. The zero-order chi connectivity index (χ0) is 14.8. The van der Waals surface area contributed by atoms with Gasteiger partial charge in [-0.3, -0.25) is 0 Å². The van der Waals surface area contributed by atoms with E-state index in [1.54, 1.807) is 11.3 Å². The number of sulfonamides is 1. The summed E-state index contributed by atoms with van der Waals surface area (Å²) in [6, 6.07) is 3.82. The zero-order valence-electron chi connectivity index (χ0n) is 11.0. The molecule has 2 heterocycles. The Morgan fingerprint density at radius 2 is 2.00 bits per heavy atom. The van der Waals surface area contributed by atoms with Gasteiger partial charge in [0.15, 0.2) is 0 Å². The van der Waals surface area contributed by atoms with Crippen LogP contribution in [0.2, 0.25) is 5.28 Å². The normalized spacial score (nSPS) is 13.3. The molecule has 0 spiro atoms. The zero-order valence-corrected chi connectivity index (χ0v) is 13.4. The van der Waals surface area contributed by atoms with Crippen LogP contribution in [-0.4, -0.2) is 24.4 Å². The van der Waals surface area contributed by atoms with E-state index in [0.29, 0.717) is 6.42 Å². The highest BCUT2D eigenvalue weighted by molar-refractivity contribution is 7.89. The molecule has 20 heavy (non-hydrogen) atoms. The van der Waals surface area contributed by atoms with Crippen LogP contribution in [0.4, 0.5) is 0 Å². The van der Waals surface area contributed by atoms with Crippen molar-refractivity contribution >= 4 is 33.0 Å². The predicted molar refractivity (Wildman–Crippen MR) is 79.6 cm³/mol. The van der Waals surface area contributed by atoms with Gasteiger partial charge in [-0.15, -0.1) is 11.3 Å². The summed E-state index contributed by atoms with van der Waals surface area (Å²) in [6.07, 6.45) is 3.03. The lowest BCUT2D eigenvalue weighted by Gasteiger charge is -2.13. The van der Waals surface area contributed by atoms with E-state index >= 15 is 0 Å². The molecule has 1 unspecified atom stereocenters. The van der Waals surface area contributed by atoms with Gasteiger partial charge in [-0.2, -0.15) is 0 Å². The molecule has 0 aliphatic carbocycles. The summed E-state index contributed by atoms with van der Waals surface area (Å²) >= 11 is 7.20. The number of thiophene rings is 1. The summed E-state index contributed by atoms with van der Waals surface area (Å²) in [5, 5.41) is 0.0195. The number of hydrogen-bond donors (Lipinski definition) is 1. The van der Waals surface area contributed by atoms with Crippen molar-refractivity contribution in [3.63, 3.8) is 0 Å². The Labute approximate surface area is 127 Å². The van der Waals surface area contributed by atoms with Gasteiger partial charge < -0.3 is 0 Å². The Hall–Kier alpha value is -1.02. The summed E-state index contributed by atoms with van der Waals surface area (Å²) in [4.78, 5) is 9.72. The molecular weight excluding hydrogens is 318 g/mol. The van der Waals surface area contributed by atoms with Crippen molar-refractivity contribution in [3.8, 4) is 0 Å². The molecule has 0 radical (unpaired) electrons. The first kappa shape index (κ1) is 15.4. The van der Waals surface area contributed by atoms with E-state index in [-0.39, 0.29) is 16.2 Å². The molecule has 0 amide bonds. The Morgan fingerprint density at radius 3 is 2.55 bits per heavy atom. The standard InChI is InChI=1S/C12H14ClN3O2S2/c1-8(5-10-4-3-9(2)19-10)16-20(17,18)11-6-14-12(13)15-7-11/h3-4,6-8,16H,5H2,1-2H3. The van der Waals surface area contributed by atoms with E-state index in [1.165, 1.54) is 17.3 Å². The second-order valence-corrected chi connectivity index (χ2v) is 7.85. The molecule has 1 atom stereocenters. The van der Waals surface area contributed by atoms with Crippen LogP contribution in [0.5, 0.6) is 0 Å². The van der Waals surface area contributed by atoms with Gasteiger partial charge in [0, 0.05) is 15.8 Å². The highest BCUT2D eigenvalue weighted by Gasteiger charge is 2.18. The van der Waals surface area contributed by atoms with Gasteiger partial charge in [-0.1, -0.05) is 0 Å². The van der Waals surface area contributed by atoms with Crippen molar-refractivity contribution < 1.29 is 8.42 Å². The third-order valence-corrected chi connectivity index (χ3v) is 5.33. The third kappa shape index (κ3) is 3.99. The molecule has 108 valence electrons. The lowest BCUT2D eigenvalue weighted by atomic mass is 10.2. The number of halogens is 1. The molecular formula is C12H14ClN3O2S2. The van der Waals surface area contributed by atoms with Crippen molar-refractivity contribution in [2.24, 2.45) is 0 Å². The van der Waals surface area contributed by atoms with Gasteiger partial charge in [-0.05, 0) is 44.0 Å². The summed E-state index contributed by atoms with van der Waals surface area (Å²) in [7, 11) is -3.62. The second kappa shape index (κ2) is 6.17. The van der Waals surface area contributed by atoms with Gasteiger partial charge in [0.05, 0.1) is 12.4 Å². The predicted octanol–water partition coefficient (Wildman–Crippen LogP) is 2.41. The first-order valence-corrected chi connectivity index (χ1v) is 8.60. The van der Waals surface area contributed by atoms with Crippen molar-refractivity contribution in [1.29, 1.82) is 0 Å². The second-order valence-electron chi connectivity index (χ2n) is 4.43. The Morgan fingerprint density at radius 1 is 1.35 bits per heavy atom. The maximum Gasteiger partial charge on any atom is 0.243 e. The molecule has 5 nitrogen and oxygen atoms in total. The topological polar surface area (TPSA) is 72.0 Å². The largest absolute Gasteiger partial charge is 0.243 e. The van der Waals surface area contributed by atoms with E-state index in [1.807, 2.05) is 26.0 Å². The fraction of sp³-hybridized carbons (Fsp3) is 0.333. The average molecular weight is 332 g/mol. The first-order chi connectivity index (χ1) is 9.37. The van der Waals surface area contributed by atoms with Gasteiger partial charge in [0.1, 0.15) is 4.90 Å². The minimum absolute atomic E-state index is 0.0103. The van der Waals surface area contributed by atoms with Crippen LogP contribution >= 0.6 is 22.9 Å². The molecule has 0 fully saturated rings. The van der Waals surface area contributed by atoms with Crippen LogP contribution in [0.3, 0.4) is 0 Å². The summed E-state index contributed by atoms with van der Waals surface area (Å²) in [5.41, 5.74) is 0. The molecule has 1 N–H and O–H groups in total. The monoisotopic (exact) mass is 331 g/mol. The number of hydrogen-bond acceptors (Lipinski definition) is 5. The molecule has 2 aromatic heterocycles. The van der Waals surface area contributed by atoms with Crippen LogP contribution in [-0.2, 0) is 16.4 Å². The van der Waals surface area contributed by atoms with Gasteiger partial charge in [0.25, 0.3) is 0 Å². The molecule has 0 bridgehead atoms. The minimum Gasteiger partial charge on any atom is -0.225 e. The van der Waals surface area contributed by atoms with Crippen LogP contribution in [0.1, 0.15) is 16.7 Å². The molecule has 0 aromatic carbocycles. The number of aromatic nitrogens is 2. The molecule has 2 aromatic rings. The van der Waals surface area contributed by atoms with E-state index in [4.69, 9.17) is 11.6 Å². The third-order valence-electron chi connectivity index (χ3n) is 2.57. The van der Waals surface area contributed by atoms with Crippen molar-refractivity contribution in [1.82, 2.24) is 14.7 Å². The van der Waals surface area contributed by atoms with E-state index in [2.05, 4.69) is 14.7 Å². The Kier molecular flexibility index (Phi) is 4.74. The summed E-state index contributed by atoms with van der Waals surface area (Å²) in [6.45, 7) is 3.84. The maximum absolute atomic E-state index is 12.1. The van der Waals surface area contributed by atoms with E-state index < -0.39 is 10.0 Å². The molecule has 8 heteroatoms. The summed E-state index contributed by atoms with van der Waals surface area (Å²) in [5.74, 6) is 0. The Bertz CT molecular complexity index is 683. The van der Waals surface area contributed by atoms with Crippen LogP contribution in [0.15, 0.2) is 29.4 Å². The SMILES string of the molecule is Cc1ccc(CC(C)NS(=O)(=O)c2cnc(Cl)nc2)s1. The molecule has 0 saturated carbocycles. The van der Waals surface area contributed by atoms with Crippen molar-refractivity contribution in [3.05, 3.63) is 39.6 Å². The maximum atomic E-state index is 12.1. The number of nitrogens with one attached hydrogen (secondary N) is 1. The minimum atomic E-state index is -3.62. The van der Waals surface area contributed by atoms with E-state index in [9.17, 15) is 8.42 Å². The first-order valence-electron chi connectivity index (χ1n) is 5.92. The lowest BCUT2D eigenvalue weighted by Crippen LogP contribution is -2.34. The van der Waals surface area contributed by atoms with Crippen LogP contribution < -0.4 is 4.72 Å². The highest BCUT2D eigenvalue weighted by atomic mass is 35.5. The van der Waals surface area contributed by atoms with Crippen LogP contribution in [0.25, 0.3) is 0 Å². The van der Waals surface area contributed by atoms with Crippen LogP contribution in [0, 0.1) is 6.92 Å². The van der Waals surface area contributed by atoms with E-state index in [0.717, 1.165) is 4.88 Å². The molecule has 0 saturated heterocycles. The lowest BCUT2D eigenvalue weighted by molar-refractivity contribution is 0.560. The van der Waals surface area contributed by atoms with Gasteiger partial charge in [-0.25, -0.2) is 23.1 Å². The fourth-order valence-corrected chi connectivity index (χ4v) is 3.96. The quantitative estimate of drug-likeness (QED) is 0.854. The number of rotatable bonds is 5. The number of nitrogens with zero attached hydrogens (tertiary/aromatic N) is 2. The molecule has 0 aliphatic heterocycles. The molecule has 2 rings (SSSR count). The van der Waals surface area contributed by atoms with Crippen molar-refractivity contribution in [2.75, 3.05) is 0 Å². The average Bonchev–Trinajstić information content (AvgIpc) is 2.74. The molecule has 0 aliphatic rings. The smallest absolute Gasteiger partial charge is 0.225 e. The highest BCUT2D eigenvalue weighted by Crippen LogP contribution is 2.17. The van der Waals surface area contributed by atoms with Gasteiger partial charge in [0.2, 0.25) is 15.3 Å².